The third-order valence-corrected chi connectivity index (χ3v) is 4.77. The monoisotopic (exact) mass is 314 g/mol. The molecule has 2 fully saturated rings. The molecule has 2 aromatic rings. The third kappa shape index (κ3) is 2.65. The van der Waals surface area contributed by atoms with E-state index in [1.54, 1.807) is 17.2 Å². The number of nitrogens with one attached hydrogen (secondary N) is 1. The van der Waals surface area contributed by atoms with Crippen molar-refractivity contribution in [1.29, 1.82) is 0 Å². The van der Waals surface area contributed by atoms with Gasteiger partial charge >= 0.3 is 0 Å². The maximum absolute atomic E-state index is 13.5. The van der Waals surface area contributed by atoms with Gasteiger partial charge in [-0.05, 0) is 48.9 Å². The van der Waals surface area contributed by atoms with Crippen LogP contribution < -0.4 is 0 Å². The van der Waals surface area contributed by atoms with Crippen molar-refractivity contribution >= 4 is 5.91 Å². The summed E-state index contributed by atoms with van der Waals surface area (Å²) in [5, 5.41) is 10.0. The van der Waals surface area contributed by atoms with Gasteiger partial charge in [0.25, 0.3) is 5.91 Å². The second-order valence-electron chi connectivity index (χ2n) is 6.50. The Kier molecular flexibility index (Phi) is 3.45. The number of likely N-dealkylation sites (tertiary alicyclic amines) is 1. The molecule has 1 aromatic heterocycles. The van der Waals surface area contributed by atoms with Crippen LogP contribution >= 0.6 is 0 Å². The summed E-state index contributed by atoms with van der Waals surface area (Å²) in [6.45, 7) is 0.287. The highest BCUT2D eigenvalue weighted by molar-refractivity contribution is 5.96. The lowest BCUT2D eigenvalue weighted by molar-refractivity contribution is 0.0714. The molecule has 1 amide bonds. The van der Waals surface area contributed by atoms with E-state index in [2.05, 4.69) is 4.98 Å². The zero-order chi connectivity index (χ0) is 16.0. The zero-order valence-corrected chi connectivity index (χ0v) is 12.7. The average Bonchev–Trinajstić information content (AvgIpc) is 3.12. The molecule has 0 unspecified atom stereocenters. The van der Waals surface area contributed by atoms with E-state index in [-0.39, 0.29) is 24.3 Å². The Morgan fingerprint density at radius 3 is 2.87 bits per heavy atom. The molecule has 4 rings (SSSR count). The predicted molar refractivity (Wildman–Crippen MR) is 83.6 cm³/mol. The fraction of sp³-hybridized carbons (Fsp3) is 0.389. The lowest BCUT2D eigenvalue weighted by Gasteiger charge is -2.25. The minimum absolute atomic E-state index is 0.0843. The van der Waals surface area contributed by atoms with Gasteiger partial charge in [-0.2, -0.15) is 0 Å². The number of amides is 1. The fourth-order valence-corrected chi connectivity index (χ4v) is 3.50. The normalized spacial score (nSPS) is 24.2. The molecular weight excluding hydrogens is 295 g/mol. The van der Waals surface area contributed by atoms with E-state index in [0.717, 1.165) is 24.1 Å². The highest BCUT2D eigenvalue weighted by atomic mass is 19.1. The van der Waals surface area contributed by atoms with Crippen molar-refractivity contribution in [1.82, 2.24) is 9.88 Å². The molecule has 23 heavy (non-hydrogen) atoms. The van der Waals surface area contributed by atoms with E-state index in [1.165, 1.54) is 12.1 Å². The number of carbonyl (C=O) groups is 1. The van der Waals surface area contributed by atoms with Crippen LogP contribution in [0.3, 0.4) is 0 Å². The van der Waals surface area contributed by atoms with Crippen molar-refractivity contribution in [3.63, 3.8) is 0 Å². The Hall–Kier alpha value is -2.14. The molecule has 1 saturated carbocycles. The lowest BCUT2D eigenvalue weighted by Crippen LogP contribution is -2.32. The van der Waals surface area contributed by atoms with Crippen LogP contribution in [0.4, 0.5) is 4.39 Å². The largest absolute Gasteiger partial charge is 0.391 e. The number of nitrogens with zero attached hydrogens (tertiary/aromatic N) is 1. The second-order valence-corrected chi connectivity index (χ2v) is 6.50. The quantitative estimate of drug-likeness (QED) is 0.915. The Morgan fingerprint density at radius 2 is 2.13 bits per heavy atom. The number of aliphatic hydroxyl groups is 1. The summed E-state index contributed by atoms with van der Waals surface area (Å²) in [7, 11) is 0. The van der Waals surface area contributed by atoms with Gasteiger partial charge in [0.1, 0.15) is 5.82 Å². The molecule has 0 radical (unpaired) electrons. The SMILES string of the molecule is O=C(c1cc[nH]c1C1CC1)N1C[C@H](O)C[C@H]1c1cccc(F)c1. The number of carbonyl (C=O) groups excluding carboxylic acids is 1. The lowest BCUT2D eigenvalue weighted by atomic mass is 10.0. The van der Waals surface area contributed by atoms with Gasteiger partial charge in [0.2, 0.25) is 0 Å². The molecule has 4 nitrogen and oxygen atoms in total. The fourth-order valence-electron chi connectivity index (χ4n) is 3.50. The standard InChI is InChI=1S/C18H19FN2O2/c19-13-3-1-2-12(8-13)16-9-14(22)10-21(16)18(23)15-6-7-20-17(15)11-4-5-11/h1-3,6-8,11,14,16,20,22H,4-5,9-10H2/t14-,16+/m1/s1. The van der Waals surface area contributed by atoms with E-state index in [4.69, 9.17) is 0 Å². The summed E-state index contributed by atoms with van der Waals surface area (Å²) >= 11 is 0. The minimum Gasteiger partial charge on any atom is -0.391 e. The number of aromatic amines is 1. The number of β-amino-alcohol motifs (C(OH)–C–C–N with tert-alkyl or cyclic N) is 1. The van der Waals surface area contributed by atoms with Gasteiger partial charge in [0, 0.05) is 18.4 Å². The smallest absolute Gasteiger partial charge is 0.256 e. The first-order chi connectivity index (χ1) is 11.1. The van der Waals surface area contributed by atoms with Gasteiger partial charge in [-0.1, -0.05) is 12.1 Å². The molecule has 0 bridgehead atoms. The number of rotatable bonds is 3. The molecule has 2 N–H and O–H groups in total. The van der Waals surface area contributed by atoms with Gasteiger partial charge in [0.05, 0.1) is 17.7 Å². The number of H-pyrrole nitrogens is 1. The maximum atomic E-state index is 13.5. The van der Waals surface area contributed by atoms with Crippen molar-refractivity contribution < 1.29 is 14.3 Å². The van der Waals surface area contributed by atoms with Crippen molar-refractivity contribution in [3.05, 3.63) is 59.2 Å². The van der Waals surface area contributed by atoms with Gasteiger partial charge < -0.3 is 15.0 Å². The molecule has 0 spiro atoms. The number of hydrogen-bond donors (Lipinski definition) is 2. The van der Waals surface area contributed by atoms with Crippen molar-refractivity contribution in [2.45, 2.75) is 37.3 Å². The summed E-state index contributed by atoms with van der Waals surface area (Å²) in [5.41, 5.74) is 2.41. The Bertz CT molecular complexity index is 738. The van der Waals surface area contributed by atoms with Crippen LogP contribution in [0.5, 0.6) is 0 Å². The van der Waals surface area contributed by atoms with Crippen LogP contribution in [0.2, 0.25) is 0 Å². The van der Waals surface area contributed by atoms with E-state index >= 15 is 0 Å². The zero-order valence-electron chi connectivity index (χ0n) is 12.7. The van der Waals surface area contributed by atoms with E-state index in [9.17, 15) is 14.3 Å². The summed E-state index contributed by atoms with van der Waals surface area (Å²) < 4.78 is 13.5. The number of halogens is 1. The molecule has 2 heterocycles. The molecule has 5 heteroatoms. The number of aromatic nitrogens is 1. The van der Waals surface area contributed by atoms with Crippen molar-refractivity contribution in [2.24, 2.45) is 0 Å². The molecule has 120 valence electrons. The van der Waals surface area contributed by atoms with E-state index < -0.39 is 6.10 Å². The topological polar surface area (TPSA) is 56.3 Å². The number of hydrogen-bond acceptors (Lipinski definition) is 2. The summed E-state index contributed by atoms with van der Waals surface area (Å²) in [5.74, 6) is 0.0414. The van der Waals surface area contributed by atoms with Gasteiger partial charge in [-0.15, -0.1) is 0 Å². The molecule has 1 aliphatic heterocycles. The van der Waals surface area contributed by atoms with Crippen LogP contribution in [-0.4, -0.2) is 33.5 Å². The summed E-state index contributed by atoms with van der Waals surface area (Å²) in [4.78, 5) is 17.8. The highest BCUT2D eigenvalue weighted by Crippen LogP contribution is 2.42. The second kappa shape index (κ2) is 5.49. The first kappa shape index (κ1) is 14.5. The highest BCUT2D eigenvalue weighted by Gasteiger charge is 2.38. The number of aliphatic hydroxyl groups excluding tert-OH is 1. The Balaban J connectivity index is 1.65. The first-order valence-electron chi connectivity index (χ1n) is 8.05. The van der Waals surface area contributed by atoms with Gasteiger partial charge in [-0.25, -0.2) is 4.39 Å². The van der Waals surface area contributed by atoms with Crippen molar-refractivity contribution in [2.75, 3.05) is 6.54 Å². The van der Waals surface area contributed by atoms with Crippen LogP contribution in [0.1, 0.15) is 52.8 Å². The molecule has 2 aliphatic rings. The summed E-state index contributed by atoms with van der Waals surface area (Å²) in [6, 6.07) is 7.81. The summed E-state index contributed by atoms with van der Waals surface area (Å²) in [6.07, 6.45) is 3.88. The van der Waals surface area contributed by atoms with E-state index in [0.29, 0.717) is 17.9 Å². The first-order valence-corrected chi connectivity index (χ1v) is 8.05. The third-order valence-electron chi connectivity index (χ3n) is 4.77. The van der Waals surface area contributed by atoms with Crippen LogP contribution in [0, 0.1) is 5.82 Å². The van der Waals surface area contributed by atoms with Crippen LogP contribution in [0.15, 0.2) is 36.5 Å². The average molecular weight is 314 g/mol. The Labute approximate surface area is 133 Å². The van der Waals surface area contributed by atoms with Gasteiger partial charge in [0.15, 0.2) is 0 Å². The van der Waals surface area contributed by atoms with Gasteiger partial charge in [-0.3, -0.25) is 4.79 Å². The molecule has 1 aromatic carbocycles. The number of benzene rings is 1. The maximum Gasteiger partial charge on any atom is 0.256 e. The van der Waals surface area contributed by atoms with E-state index in [1.807, 2.05) is 12.1 Å². The minimum atomic E-state index is -0.574. The molecule has 2 atom stereocenters. The molecule has 1 saturated heterocycles. The van der Waals surface area contributed by atoms with Crippen LogP contribution in [-0.2, 0) is 0 Å². The predicted octanol–water partition coefficient (Wildman–Crippen LogP) is 2.98. The van der Waals surface area contributed by atoms with Crippen molar-refractivity contribution in [3.8, 4) is 0 Å². The van der Waals surface area contributed by atoms with Crippen LogP contribution in [0.25, 0.3) is 0 Å². The Morgan fingerprint density at radius 1 is 1.30 bits per heavy atom. The molecular formula is C18H19FN2O2. The molecule has 1 aliphatic carbocycles.